The van der Waals surface area contributed by atoms with Crippen LogP contribution in [0, 0.1) is 11.3 Å². The van der Waals surface area contributed by atoms with Gasteiger partial charge in [-0.25, -0.2) is 0 Å². The van der Waals surface area contributed by atoms with Gasteiger partial charge in [0, 0.05) is 36.6 Å². The van der Waals surface area contributed by atoms with Gasteiger partial charge >= 0.3 is 0 Å². The predicted molar refractivity (Wildman–Crippen MR) is 79.2 cm³/mol. The van der Waals surface area contributed by atoms with E-state index in [1.165, 1.54) is 12.0 Å². The molecular weight excluding hydrogens is 256 g/mol. The standard InChI is InChI=1S/C15H24N2OS/c1-14(2)13-12(4-3-6-18-13)15(14,16)10-17-8-11-5-7-19-9-11/h5,7,9,12-13,17H,3-4,6,8,10,16H2,1-2H3. The van der Waals surface area contributed by atoms with Crippen molar-refractivity contribution in [1.82, 2.24) is 5.32 Å². The molecule has 0 bridgehead atoms. The maximum absolute atomic E-state index is 6.73. The molecule has 0 aromatic carbocycles. The summed E-state index contributed by atoms with van der Waals surface area (Å²) >= 11 is 1.74. The van der Waals surface area contributed by atoms with Gasteiger partial charge in [0.05, 0.1) is 6.10 Å². The summed E-state index contributed by atoms with van der Waals surface area (Å²) in [5.41, 5.74) is 8.02. The lowest BCUT2D eigenvalue weighted by molar-refractivity contribution is -0.225. The smallest absolute Gasteiger partial charge is 0.0690 e. The molecule has 19 heavy (non-hydrogen) atoms. The molecule has 1 saturated heterocycles. The van der Waals surface area contributed by atoms with E-state index in [9.17, 15) is 0 Å². The second-order valence-electron chi connectivity index (χ2n) is 6.54. The van der Waals surface area contributed by atoms with E-state index in [2.05, 4.69) is 36.0 Å². The minimum absolute atomic E-state index is 0.0692. The lowest BCUT2D eigenvalue weighted by Crippen LogP contribution is -2.80. The van der Waals surface area contributed by atoms with E-state index < -0.39 is 0 Å². The molecular formula is C15H24N2OS. The fraction of sp³-hybridized carbons (Fsp3) is 0.733. The Bertz CT molecular complexity index is 431. The summed E-state index contributed by atoms with van der Waals surface area (Å²) in [4.78, 5) is 0. The molecule has 1 aliphatic heterocycles. The van der Waals surface area contributed by atoms with E-state index >= 15 is 0 Å². The SMILES string of the molecule is CC1(C)C2OCCCC2C1(N)CNCc1ccsc1. The summed E-state index contributed by atoms with van der Waals surface area (Å²) in [7, 11) is 0. The third-order valence-corrected chi connectivity index (χ3v) is 5.95. The Morgan fingerprint density at radius 3 is 3.11 bits per heavy atom. The zero-order chi connectivity index (χ0) is 13.5. The average molecular weight is 280 g/mol. The van der Waals surface area contributed by atoms with Gasteiger partial charge in [0.2, 0.25) is 0 Å². The molecule has 1 aromatic rings. The van der Waals surface area contributed by atoms with E-state index in [1.807, 2.05) is 0 Å². The molecule has 1 saturated carbocycles. The van der Waals surface area contributed by atoms with Crippen molar-refractivity contribution in [3.8, 4) is 0 Å². The van der Waals surface area contributed by atoms with Crippen molar-refractivity contribution in [2.45, 2.75) is 44.9 Å². The first kappa shape index (κ1) is 13.6. The third-order valence-electron chi connectivity index (χ3n) is 5.22. The van der Waals surface area contributed by atoms with Crippen molar-refractivity contribution < 1.29 is 4.74 Å². The Kier molecular flexibility index (Phi) is 3.46. The normalized spacial score (nSPS) is 36.6. The highest BCUT2D eigenvalue weighted by Crippen LogP contribution is 2.56. The summed E-state index contributed by atoms with van der Waals surface area (Å²) in [5, 5.41) is 7.85. The van der Waals surface area contributed by atoms with Crippen LogP contribution in [0.5, 0.6) is 0 Å². The van der Waals surface area contributed by atoms with Crippen LogP contribution < -0.4 is 11.1 Å². The van der Waals surface area contributed by atoms with Gasteiger partial charge in [-0.3, -0.25) is 0 Å². The molecule has 106 valence electrons. The highest BCUT2D eigenvalue weighted by atomic mass is 32.1. The quantitative estimate of drug-likeness (QED) is 0.890. The van der Waals surface area contributed by atoms with Crippen LogP contribution in [-0.4, -0.2) is 24.8 Å². The topological polar surface area (TPSA) is 47.3 Å². The number of nitrogens with one attached hydrogen (secondary N) is 1. The van der Waals surface area contributed by atoms with Crippen molar-refractivity contribution in [3.05, 3.63) is 22.4 Å². The van der Waals surface area contributed by atoms with Crippen molar-refractivity contribution in [2.24, 2.45) is 17.1 Å². The van der Waals surface area contributed by atoms with Crippen molar-refractivity contribution in [2.75, 3.05) is 13.2 Å². The minimum atomic E-state index is -0.131. The molecule has 3 rings (SSSR count). The average Bonchev–Trinajstić information content (AvgIpc) is 2.91. The van der Waals surface area contributed by atoms with Gasteiger partial charge in [-0.1, -0.05) is 13.8 Å². The van der Waals surface area contributed by atoms with Crippen LogP contribution in [0.3, 0.4) is 0 Å². The molecule has 3 nitrogen and oxygen atoms in total. The van der Waals surface area contributed by atoms with Crippen molar-refractivity contribution >= 4 is 11.3 Å². The van der Waals surface area contributed by atoms with Gasteiger partial charge in [0.25, 0.3) is 0 Å². The van der Waals surface area contributed by atoms with Gasteiger partial charge in [-0.05, 0) is 35.2 Å². The van der Waals surface area contributed by atoms with Crippen molar-refractivity contribution in [3.63, 3.8) is 0 Å². The van der Waals surface area contributed by atoms with Gasteiger partial charge in [0.1, 0.15) is 0 Å². The maximum atomic E-state index is 6.73. The zero-order valence-electron chi connectivity index (χ0n) is 11.8. The van der Waals surface area contributed by atoms with Crippen LogP contribution in [0.15, 0.2) is 16.8 Å². The van der Waals surface area contributed by atoms with Gasteiger partial charge in [-0.15, -0.1) is 0 Å². The second kappa shape index (κ2) is 4.85. The van der Waals surface area contributed by atoms with Crippen LogP contribution in [0.25, 0.3) is 0 Å². The van der Waals surface area contributed by atoms with Gasteiger partial charge in [0.15, 0.2) is 0 Å². The first-order chi connectivity index (χ1) is 9.06. The molecule has 2 heterocycles. The number of ether oxygens (including phenoxy) is 1. The third kappa shape index (κ3) is 2.05. The predicted octanol–water partition coefficient (Wildman–Crippen LogP) is 2.37. The molecule has 2 fully saturated rings. The van der Waals surface area contributed by atoms with Gasteiger partial charge in [-0.2, -0.15) is 11.3 Å². The van der Waals surface area contributed by atoms with E-state index in [4.69, 9.17) is 10.5 Å². The van der Waals surface area contributed by atoms with Crippen LogP contribution in [-0.2, 0) is 11.3 Å². The van der Waals surface area contributed by atoms with Crippen LogP contribution >= 0.6 is 11.3 Å². The summed E-state index contributed by atoms with van der Waals surface area (Å²) < 4.78 is 5.93. The van der Waals surface area contributed by atoms with E-state index in [1.54, 1.807) is 11.3 Å². The first-order valence-electron chi connectivity index (χ1n) is 7.18. The Morgan fingerprint density at radius 1 is 1.53 bits per heavy atom. The molecule has 3 unspecified atom stereocenters. The second-order valence-corrected chi connectivity index (χ2v) is 7.32. The van der Waals surface area contributed by atoms with Gasteiger partial charge < -0.3 is 15.8 Å². The number of rotatable bonds is 4. The van der Waals surface area contributed by atoms with E-state index in [-0.39, 0.29) is 11.0 Å². The molecule has 4 heteroatoms. The zero-order valence-corrected chi connectivity index (χ0v) is 12.6. The minimum Gasteiger partial charge on any atom is -0.377 e. The lowest BCUT2D eigenvalue weighted by atomic mass is 9.46. The monoisotopic (exact) mass is 280 g/mol. The first-order valence-corrected chi connectivity index (χ1v) is 8.12. The van der Waals surface area contributed by atoms with Crippen LogP contribution in [0.4, 0.5) is 0 Å². The number of hydrogen-bond acceptors (Lipinski definition) is 4. The summed E-state index contributed by atoms with van der Waals surface area (Å²) in [6.45, 7) is 7.21. The van der Waals surface area contributed by atoms with Crippen LogP contribution in [0.1, 0.15) is 32.3 Å². The van der Waals surface area contributed by atoms with Crippen molar-refractivity contribution in [1.29, 1.82) is 0 Å². The Morgan fingerprint density at radius 2 is 2.37 bits per heavy atom. The Labute approximate surface area is 119 Å². The number of nitrogens with two attached hydrogens (primary N) is 1. The van der Waals surface area contributed by atoms with E-state index in [0.29, 0.717) is 12.0 Å². The molecule has 3 atom stereocenters. The summed E-state index contributed by atoms with van der Waals surface area (Å²) in [6.07, 6.45) is 2.72. The molecule has 1 aromatic heterocycles. The lowest BCUT2D eigenvalue weighted by Gasteiger charge is -2.66. The molecule has 0 amide bonds. The molecule has 2 aliphatic rings. The highest BCUT2D eigenvalue weighted by molar-refractivity contribution is 7.07. The number of hydrogen-bond donors (Lipinski definition) is 2. The Balaban J connectivity index is 1.62. The fourth-order valence-corrected chi connectivity index (χ4v) is 4.50. The van der Waals surface area contributed by atoms with E-state index in [0.717, 1.165) is 26.1 Å². The summed E-state index contributed by atoms with van der Waals surface area (Å²) in [5.74, 6) is 0.520. The summed E-state index contributed by atoms with van der Waals surface area (Å²) in [6, 6.07) is 2.17. The number of fused-ring (bicyclic) bond motifs is 1. The largest absolute Gasteiger partial charge is 0.377 e. The molecule has 3 N–H and O–H groups in total. The fourth-order valence-electron chi connectivity index (χ4n) is 3.83. The molecule has 1 aliphatic carbocycles. The van der Waals surface area contributed by atoms with Crippen LogP contribution in [0.2, 0.25) is 0 Å². The number of thiophene rings is 1. The maximum Gasteiger partial charge on any atom is 0.0690 e. The molecule has 0 spiro atoms. The molecule has 0 radical (unpaired) electrons. The Hall–Kier alpha value is -0.420. The highest BCUT2D eigenvalue weighted by Gasteiger charge is 2.65.